The summed E-state index contributed by atoms with van der Waals surface area (Å²) < 4.78 is 13.8. The summed E-state index contributed by atoms with van der Waals surface area (Å²) in [6, 6.07) is 12.6. The highest BCUT2D eigenvalue weighted by Gasteiger charge is 2.12. The predicted molar refractivity (Wildman–Crippen MR) is 81.0 cm³/mol. The minimum atomic E-state index is -0.631. The van der Waals surface area contributed by atoms with Crippen LogP contribution in [0.5, 0.6) is 0 Å². The van der Waals surface area contributed by atoms with Gasteiger partial charge in [0.25, 0.3) is 0 Å². The zero-order chi connectivity index (χ0) is 13.8. The molecule has 19 heavy (non-hydrogen) atoms. The van der Waals surface area contributed by atoms with Gasteiger partial charge in [-0.3, -0.25) is 0 Å². The third-order valence-corrected chi connectivity index (χ3v) is 4.58. The highest BCUT2D eigenvalue weighted by Crippen LogP contribution is 2.26. The minimum absolute atomic E-state index is 0.303. The van der Waals surface area contributed by atoms with Crippen molar-refractivity contribution in [1.82, 2.24) is 0 Å². The molecule has 100 valence electrons. The molecule has 0 amide bonds. The van der Waals surface area contributed by atoms with Gasteiger partial charge < -0.3 is 5.11 Å². The summed E-state index contributed by atoms with van der Waals surface area (Å²) in [5, 5.41) is 10.2. The Morgan fingerprint density at radius 3 is 2.53 bits per heavy atom. The van der Waals surface area contributed by atoms with E-state index in [1.807, 2.05) is 36.6 Å². The third kappa shape index (κ3) is 3.59. The van der Waals surface area contributed by atoms with Crippen molar-refractivity contribution in [3.63, 3.8) is 0 Å². The van der Waals surface area contributed by atoms with Gasteiger partial charge in [-0.15, -0.1) is 11.8 Å². The van der Waals surface area contributed by atoms with E-state index in [-0.39, 0.29) is 5.82 Å². The first-order chi connectivity index (χ1) is 9.11. The zero-order valence-electron chi connectivity index (χ0n) is 10.4. The summed E-state index contributed by atoms with van der Waals surface area (Å²) in [6.07, 6.45) is 1.76. The van der Waals surface area contributed by atoms with Gasteiger partial charge in [0.15, 0.2) is 0 Å². The smallest absolute Gasteiger partial charge is 0.137 e. The molecule has 0 spiro atoms. The Morgan fingerprint density at radius 2 is 1.89 bits per heavy atom. The fourth-order valence-corrected chi connectivity index (χ4v) is 2.69. The lowest BCUT2D eigenvalue weighted by Crippen LogP contribution is -2.03. The van der Waals surface area contributed by atoms with Gasteiger partial charge in [0.2, 0.25) is 0 Å². The summed E-state index contributed by atoms with van der Waals surface area (Å²) >= 11 is 4.87. The molecule has 0 aliphatic heterocycles. The molecule has 0 saturated heterocycles. The zero-order valence-corrected chi connectivity index (χ0v) is 12.8. The normalized spacial score (nSPS) is 12.4. The Morgan fingerprint density at radius 1 is 1.21 bits per heavy atom. The predicted octanol–water partition coefficient (Wildman–Crippen LogP) is 4.59. The summed E-state index contributed by atoms with van der Waals surface area (Å²) in [4.78, 5) is 1.16. The van der Waals surface area contributed by atoms with Crippen molar-refractivity contribution >= 4 is 27.7 Å². The maximum Gasteiger partial charge on any atom is 0.137 e. The Labute approximate surface area is 125 Å². The van der Waals surface area contributed by atoms with E-state index in [1.165, 1.54) is 6.07 Å². The van der Waals surface area contributed by atoms with Crippen LogP contribution in [0.25, 0.3) is 0 Å². The standard InChI is InChI=1S/C15H14BrFOS/c1-19-12-7-5-10(6-8-12)14(18)9-11-3-2-4-13(17)15(11)16/h2-8,14,18H,9H2,1H3. The first-order valence-corrected chi connectivity index (χ1v) is 7.88. The van der Waals surface area contributed by atoms with E-state index in [9.17, 15) is 9.50 Å². The van der Waals surface area contributed by atoms with Gasteiger partial charge in [0.05, 0.1) is 10.6 Å². The Hall–Kier alpha value is -0.840. The molecule has 1 nitrogen and oxygen atoms in total. The van der Waals surface area contributed by atoms with Crippen LogP contribution in [0.4, 0.5) is 4.39 Å². The molecule has 0 aliphatic rings. The third-order valence-electron chi connectivity index (χ3n) is 2.95. The van der Waals surface area contributed by atoms with Crippen LogP contribution in [0.3, 0.4) is 0 Å². The quantitative estimate of drug-likeness (QED) is 0.821. The highest BCUT2D eigenvalue weighted by molar-refractivity contribution is 9.10. The average molecular weight is 341 g/mol. The van der Waals surface area contributed by atoms with Gasteiger partial charge in [-0.25, -0.2) is 4.39 Å². The number of halogens is 2. The lowest BCUT2D eigenvalue weighted by molar-refractivity contribution is 0.178. The maximum absolute atomic E-state index is 13.4. The summed E-state index contributed by atoms with van der Waals surface area (Å²) in [6.45, 7) is 0. The molecule has 0 saturated carbocycles. The van der Waals surface area contributed by atoms with Crippen LogP contribution in [-0.4, -0.2) is 11.4 Å². The minimum Gasteiger partial charge on any atom is -0.388 e. The van der Waals surface area contributed by atoms with E-state index in [2.05, 4.69) is 15.9 Å². The van der Waals surface area contributed by atoms with E-state index in [0.29, 0.717) is 10.9 Å². The molecular formula is C15H14BrFOS. The van der Waals surface area contributed by atoms with E-state index in [0.717, 1.165) is 16.0 Å². The van der Waals surface area contributed by atoms with Crippen molar-refractivity contribution in [3.05, 3.63) is 63.9 Å². The van der Waals surface area contributed by atoms with Crippen molar-refractivity contribution in [2.45, 2.75) is 17.4 Å². The Balaban J connectivity index is 2.15. The molecule has 1 unspecified atom stereocenters. The molecule has 0 radical (unpaired) electrons. The van der Waals surface area contributed by atoms with Gasteiger partial charge in [-0.2, -0.15) is 0 Å². The molecule has 1 atom stereocenters. The second-order valence-corrected chi connectivity index (χ2v) is 5.88. The van der Waals surface area contributed by atoms with Gasteiger partial charge in [-0.1, -0.05) is 24.3 Å². The summed E-state index contributed by atoms with van der Waals surface area (Å²) in [5.41, 5.74) is 1.61. The summed E-state index contributed by atoms with van der Waals surface area (Å²) in [5.74, 6) is -0.303. The van der Waals surface area contributed by atoms with Crippen molar-refractivity contribution in [2.75, 3.05) is 6.26 Å². The van der Waals surface area contributed by atoms with Crippen molar-refractivity contribution in [3.8, 4) is 0 Å². The number of hydrogen-bond donors (Lipinski definition) is 1. The molecular weight excluding hydrogens is 327 g/mol. The largest absolute Gasteiger partial charge is 0.388 e. The molecule has 0 bridgehead atoms. The first kappa shape index (κ1) is 14.6. The fraction of sp³-hybridized carbons (Fsp3) is 0.200. The topological polar surface area (TPSA) is 20.2 Å². The Kier molecular flexibility index (Phi) is 5.02. The number of aliphatic hydroxyl groups is 1. The Bertz CT molecular complexity index is 557. The van der Waals surface area contributed by atoms with Gasteiger partial charge in [0, 0.05) is 11.3 Å². The van der Waals surface area contributed by atoms with Crippen LogP contribution in [0, 0.1) is 5.82 Å². The van der Waals surface area contributed by atoms with Crippen molar-refractivity contribution in [2.24, 2.45) is 0 Å². The number of thioether (sulfide) groups is 1. The van der Waals surface area contributed by atoms with E-state index in [4.69, 9.17) is 0 Å². The molecule has 2 aromatic rings. The second kappa shape index (κ2) is 6.55. The molecule has 0 aromatic heterocycles. The van der Waals surface area contributed by atoms with Crippen LogP contribution < -0.4 is 0 Å². The van der Waals surface area contributed by atoms with Crippen LogP contribution in [0.2, 0.25) is 0 Å². The van der Waals surface area contributed by atoms with Gasteiger partial charge >= 0.3 is 0 Å². The summed E-state index contributed by atoms with van der Waals surface area (Å²) in [7, 11) is 0. The number of benzene rings is 2. The van der Waals surface area contributed by atoms with Crippen LogP contribution in [-0.2, 0) is 6.42 Å². The fourth-order valence-electron chi connectivity index (χ4n) is 1.86. The second-order valence-electron chi connectivity index (χ2n) is 4.21. The van der Waals surface area contributed by atoms with Gasteiger partial charge in [-0.05, 0) is 51.5 Å². The molecule has 0 heterocycles. The van der Waals surface area contributed by atoms with E-state index < -0.39 is 6.10 Å². The lowest BCUT2D eigenvalue weighted by atomic mass is 10.0. The SMILES string of the molecule is CSc1ccc(C(O)Cc2cccc(F)c2Br)cc1. The van der Waals surface area contributed by atoms with Crippen molar-refractivity contribution in [1.29, 1.82) is 0 Å². The first-order valence-electron chi connectivity index (χ1n) is 5.86. The van der Waals surface area contributed by atoms with E-state index in [1.54, 1.807) is 17.8 Å². The van der Waals surface area contributed by atoms with E-state index >= 15 is 0 Å². The number of rotatable bonds is 4. The molecule has 4 heteroatoms. The molecule has 2 aromatic carbocycles. The molecule has 1 N–H and O–H groups in total. The molecule has 2 rings (SSSR count). The monoisotopic (exact) mass is 340 g/mol. The van der Waals surface area contributed by atoms with Crippen LogP contribution >= 0.6 is 27.7 Å². The number of hydrogen-bond acceptors (Lipinski definition) is 2. The highest BCUT2D eigenvalue weighted by atomic mass is 79.9. The maximum atomic E-state index is 13.4. The van der Waals surface area contributed by atoms with Crippen molar-refractivity contribution < 1.29 is 9.50 Å². The van der Waals surface area contributed by atoms with Gasteiger partial charge in [0.1, 0.15) is 5.82 Å². The van der Waals surface area contributed by atoms with Crippen LogP contribution in [0.15, 0.2) is 51.8 Å². The molecule has 0 fully saturated rings. The number of aliphatic hydroxyl groups excluding tert-OH is 1. The molecule has 0 aliphatic carbocycles. The van der Waals surface area contributed by atoms with Crippen LogP contribution in [0.1, 0.15) is 17.2 Å². The average Bonchev–Trinajstić information content (AvgIpc) is 2.44. The lowest BCUT2D eigenvalue weighted by Gasteiger charge is -2.13.